The molecular formula is C6H5BFO2. The number of phenolic OH excluding ortho intramolecular Hbond substituents is 2. The van der Waals surface area contributed by atoms with Gasteiger partial charge in [-0.15, -0.1) is 0 Å². The maximum Gasteiger partial charge on any atom is 0.160 e. The highest BCUT2D eigenvalue weighted by Gasteiger charge is 1.97. The van der Waals surface area contributed by atoms with Gasteiger partial charge in [0.05, 0.1) is 0 Å². The number of rotatable bonds is 0. The summed E-state index contributed by atoms with van der Waals surface area (Å²) in [6.45, 7) is 0. The van der Waals surface area contributed by atoms with Crippen LogP contribution in [0, 0.1) is 5.82 Å². The van der Waals surface area contributed by atoms with E-state index in [0.29, 0.717) is 0 Å². The molecule has 10 heavy (non-hydrogen) atoms. The standard InChI is InChI=1S/C6H5FO2.B/c7-4-1-2-5(8)6(9)3-4;/h1-3,8-9H;. The Morgan fingerprint density at radius 2 is 1.70 bits per heavy atom. The summed E-state index contributed by atoms with van der Waals surface area (Å²) in [5.74, 6) is -1.31. The fourth-order valence-corrected chi connectivity index (χ4v) is 0.497. The van der Waals surface area contributed by atoms with Crippen molar-refractivity contribution in [3.05, 3.63) is 24.0 Å². The molecule has 3 radical (unpaired) electrons. The number of hydrogen-bond acceptors (Lipinski definition) is 2. The Balaban J connectivity index is 0.000000810. The van der Waals surface area contributed by atoms with E-state index < -0.39 is 11.6 Å². The zero-order valence-corrected chi connectivity index (χ0v) is 5.08. The van der Waals surface area contributed by atoms with Gasteiger partial charge < -0.3 is 10.2 Å². The molecule has 0 saturated carbocycles. The molecule has 0 atom stereocenters. The predicted molar refractivity (Wildman–Crippen MR) is 35.5 cm³/mol. The van der Waals surface area contributed by atoms with Crippen LogP contribution in [0.3, 0.4) is 0 Å². The van der Waals surface area contributed by atoms with Crippen molar-refractivity contribution in [1.82, 2.24) is 0 Å². The van der Waals surface area contributed by atoms with Crippen LogP contribution in [-0.2, 0) is 0 Å². The molecule has 4 heteroatoms. The molecule has 51 valence electrons. The quantitative estimate of drug-likeness (QED) is 0.413. The third-order valence-electron chi connectivity index (χ3n) is 0.937. The van der Waals surface area contributed by atoms with Crippen LogP contribution >= 0.6 is 0 Å². The third-order valence-corrected chi connectivity index (χ3v) is 0.937. The minimum absolute atomic E-state index is 0. The van der Waals surface area contributed by atoms with Crippen molar-refractivity contribution in [2.24, 2.45) is 0 Å². The molecule has 1 aromatic carbocycles. The van der Waals surface area contributed by atoms with Crippen molar-refractivity contribution in [1.29, 1.82) is 0 Å². The van der Waals surface area contributed by atoms with E-state index in [0.717, 1.165) is 18.2 Å². The number of hydrogen-bond donors (Lipinski definition) is 2. The lowest BCUT2D eigenvalue weighted by Crippen LogP contribution is -1.71. The molecule has 0 saturated heterocycles. The second kappa shape index (κ2) is 3.10. The van der Waals surface area contributed by atoms with Crippen LogP contribution in [0.1, 0.15) is 0 Å². The van der Waals surface area contributed by atoms with E-state index in [1.807, 2.05) is 0 Å². The summed E-state index contributed by atoms with van der Waals surface area (Å²) in [6, 6.07) is 3.00. The van der Waals surface area contributed by atoms with E-state index in [1.54, 1.807) is 0 Å². The van der Waals surface area contributed by atoms with Crippen molar-refractivity contribution in [2.75, 3.05) is 0 Å². The summed E-state index contributed by atoms with van der Waals surface area (Å²) >= 11 is 0. The van der Waals surface area contributed by atoms with Gasteiger partial charge in [0, 0.05) is 14.5 Å². The lowest BCUT2D eigenvalue weighted by Gasteiger charge is -1.93. The van der Waals surface area contributed by atoms with Crippen molar-refractivity contribution >= 4 is 8.41 Å². The maximum absolute atomic E-state index is 12.1. The average molecular weight is 139 g/mol. The molecule has 0 aromatic heterocycles. The molecule has 0 spiro atoms. The summed E-state index contributed by atoms with van der Waals surface area (Å²) in [7, 11) is 0. The first-order chi connectivity index (χ1) is 4.20. The van der Waals surface area contributed by atoms with Crippen molar-refractivity contribution in [3.63, 3.8) is 0 Å². The van der Waals surface area contributed by atoms with Gasteiger partial charge in [0.25, 0.3) is 0 Å². The molecule has 1 aromatic rings. The molecule has 0 heterocycles. The van der Waals surface area contributed by atoms with Crippen LogP contribution in [-0.4, -0.2) is 18.6 Å². The summed E-state index contributed by atoms with van der Waals surface area (Å²) < 4.78 is 12.1. The second-order valence-electron chi connectivity index (χ2n) is 1.63. The number of halogens is 1. The topological polar surface area (TPSA) is 40.5 Å². The predicted octanol–water partition coefficient (Wildman–Crippen LogP) is 0.856. The van der Waals surface area contributed by atoms with Gasteiger partial charge in [-0.05, 0) is 12.1 Å². The first kappa shape index (κ1) is 8.81. The molecule has 1 rings (SSSR count). The maximum atomic E-state index is 12.1. The monoisotopic (exact) mass is 139 g/mol. The summed E-state index contributed by atoms with van der Waals surface area (Å²) in [5.41, 5.74) is 0. The Morgan fingerprint density at radius 1 is 1.10 bits per heavy atom. The van der Waals surface area contributed by atoms with Crippen LogP contribution in [0.25, 0.3) is 0 Å². The average Bonchev–Trinajstić information content (AvgIpc) is 1.80. The van der Waals surface area contributed by atoms with E-state index in [4.69, 9.17) is 10.2 Å². The van der Waals surface area contributed by atoms with Gasteiger partial charge in [-0.3, -0.25) is 0 Å². The lowest BCUT2D eigenvalue weighted by molar-refractivity contribution is 0.400. The molecule has 0 unspecified atom stereocenters. The molecule has 2 nitrogen and oxygen atoms in total. The Hall–Kier alpha value is -1.19. The Labute approximate surface area is 59.5 Å². The van der Waals surface area contributed by atoms with Crippen LogP contribution in [0.2, 0.25) is 0 Å². The summed E-state index contributed by atoms with van der Waals surface area (Å²) in [6.07, 6.45) is 0. The van der Waals surface area contributed by atoms with Gasteiger partial charge in [-0.25, -0.2) is 4.39 Å². The van der Waals surface area contributed by atoms with E-state index in [-0.39, 0.29) is 14.2 Å². The van der Waals surface area contributed by atoms with E-state index in [1.165, 1.54) is 0 Å². The Bertz CT molecular complexity index is 227. The van der Waals surface area contributed by atoms with E-state index >= 15 is 0 Å². The second-order valence-corrected chi connectivity index (χ2v) is 1.63. The summed E-state index contributed by atoms with van der Waals surface area (Å²) in [4.78, 5) is 0. The molecule has 0 aliphatic carbocycles. The van der Waals surface area contributed by atoms with Crippen molar-refractivity contribution in [2.45, 2.75) is 0 Å². The normalized spacial score (nSPS) is 8.50. The molecule has 0 fully saturated rings. The molecule has 0 aliphatic heterocycles. The van der Waals surface area contributed by atoms with Crippen LogP contribution in [0.5, 0.6) is 11.5 Å². The summed E-state index contributed by atoms with van der Waals surface area (Å²) in [5, 5.41) is 17.2. The number of phenols is 2. The van der Waals surface area contributed by atoms with Crippen molar-refractivity contribution < 1.29 is 14.6 Å². The highest BCUT2D eigenvalue weighted by molar-refractivity contribution is 5.75. The SMILES string of the molecule is Oc1ccc(F)cc1O.[B]. The molecular weight excluding hydrogens is 134 g/mol. The van der Waals surface area contributed by atoms with Gasteiger partial charge in [-0.1, -0.05) is 0 Å². The number of aromatic hydroxyl groups is 2. The molecule has 0 aliphatic rings. The zero-order valence-electron chi connectivity index (χ0n) is 5.08. The highest BCUT2D eigenvalue weighted by atomic mass is 19.1. The largest absolute Gasteiger partial charge is 0.504 e. The van der Waals surface area contributed by atoms with Gasteiger partial charge in [0.2, 0.25) is 0 Å². The van der Waals surface area contributed by atoms with Gasteiger partial charge >= 0.3 is 0 Å². The van der Waals surface area contributed by atoms with Crippen LogP contribution in [0.15, 0.2) is 18.2 Å². The third kappa shape index (κ3) is 1.65. The zero-order chi connectivity index (χ0) is 6.85. The fraction of sp³-hybridized carbons (Fsp3) is 0. The van der Waals surface area contributed by atoms with Gasteiger partial charge in [0.15, 0.2) is 11.5 Å². The van der Waals surface area contributed by atoms with E-state index in [2.05, 4.69) is 0 Å². The fourth-order valence-electron chi connectivity index (χ4n) is 0.497. The van der Waals surface area contributed by atoms with Crippen molar-refractivity contribution in [3.8, 4) is 11.5 Å². The minimum atomic E-state index is -0.565. The molecule has 0 amide bonds. The van der Waals surface area contributed by atoms with Crippen LogP contribution < -0.4 is 0 Å². The first-order valence-corrected chi connectivity index (χ1v) is 2.37. The Kier molecular flexibility index (Phi) is 2.74. The molecule has 2 N–H and O–H groups in total. The smallest absolute Gasteiger partial charge is 0.160 e. The Morgan fingerprint density at radius 3 is 2.10 bits per heavy atom. The number of benzene rings is 1. The van der Waals surface area contributed by atoms with Gasteiger partial charge in [-0.2, -0.15) is 0 Å². The first-order valence-electron chi connectivity index (χ1n) is 2.37. The minimum Gasteiger partial charge on any atom is -0.504 e. The van der Waals surface area contributed by atoms with E-state index in [9.17, 15) is 4.39 Å². The van der Waals surface area contributed by atoms with Gasteiger partial charge in [0.1, 0.15) is 5.82 Å². The van der Waals surface area contributed by atoms with Crippen LogP contribution in [0.4, 0.5) is 4.39 Å². The lowest BCUT2D eigenvalue weighted by atomic mass is 10.3. The highest BCUT2D eigenvalue weighted by Crippen LogP contribution is 2.23. The molecule has 0 bridgehead atoms.